The maximum atomic E-state index is 9.27. The molecule has 0 aliphatic rings. The van der Waals surface area contributed by atoms with Crippen LogP contribution in [-0.2, 0) is 0 Å². The molecule has 0 amide bonds. The number of hydrogen-bond donors (Lipinski definition) is 3. The van der Waals surface area contributed by atoms with Gasteiger partial charge in [0.15, 0.2) is 0 Å². The molecule has 0 spiro atoms. The summed E-state index contributed by atoms with van der Waals surface area (Å²) in [6.45, 7) is 3.75. The van der Waals surface area contributed by atoms with E-state index in [1.54, 1.807) is 0 Å². The second-order valence-electron chi connectivity index (χ2n) is 3.11. The molecular weight excluding hydrogens is 152 g/mol. The highest BCUT2D eigenvalue weighted by Gasteiger charge is 1.98. The Kier molecular flexibility index (Phi) is 8.88. The summed E-state index contributed by atoms with van der Waals surface area (Å²) in [5, 5.41) is 12.3. The fourth-order valence-electron chi connectivity index (χ4n) is 1.09. The van der Waals surface area contributed by atoms with Gasteiger partial charge in [-0.2, -0.15) is 0 Å². The van der Waals surface area contributed by atoms with Gasteiger partial charge in [-0.15, -0.1) is 0 Å². The number of nitrogens with two attached hydrogens (primary N) is 1. The zero-order valence-corrected chi connectivity index (χ0v) is 8.05. The average molecular weight is 174 g/mol. The van der Waals surface area contributed by atoms with Gasteiger partial charge in [-0.3, -0.25) is 5.32 Å². The van der Waals surface area contributed by atoms with E-state index in [0.29, 0.717) is 0 Å². The largest absolute Gasteiger partial charge is 0.379 e. The first-order valence-electron chi connectivity index (χ1n) is 4.92. The minimum Gasteiger partial charge on any atom is -0.379 e. The van der Waals surface area contributed by atoms with E-state index in [1.807, 2.05) is 0 Å². The average Bonchev–Trinajstić information content (AvgIpc) is 2.05. The Morgan fingerprint density at radius 3 is 2.67 bits per heavy atom. The maximum Gasteiger partial charge on any atom is 0.104 e. The molecule has 0 heterocycles. The fourth-order valence-corrected chi connectivity index (χ4v) is 1.09. The molecule has 4 N–H and O–H groups in total. The molecule has 0 radical (unpaired) electrons. The van der Waals surface area contributed by atoms with Gasteiger partial charge in [0.05, 0.1) is 0 Å². The predicted molar refractivity (Wildman–Crippen MR) is 51.8 cm³/mol. The van der Waals surface area contributed by atoms with Gasteiger partial charge in [-0.25, -0.2) is 0 Å². The second-order valence-corrected chi connectivity index (χ2v) is 3.11. The normalized spacial score (nSPS) is 13.2. The van der Waals surface area contributed by atoms with Crippen molar-refractivity contribution < 1.29 is 5.11 Å². The second kappa shape index (κ2) is 8.97. The SMILES string of the molecule is CCCC(O)NCCCCCN. The molecule has 0 aromatic carbocycles. The number of aliphatic hydroxyl groups excluding tert-OH is 1. The van der Waals surface area contributed by atoms with E-state index in [-0.39, 0.29) is 6.23 Å². The Balaban J connectivity index is 2.97. The third-order valence-corrected chi connectivity index (χ3v) is 1.82. The van der Waals surface area contributed by atoms with Crippen LogP contribution in [0.5, 0.6) is 0 Å². The van der Waals surface area contributed by atoms with E-state index < -0.39 is 0 Å². The zero-order chi connectivity index (χ0) is 9.23. The molecule has 3 heteroatoms. The van der Waals surface area contributed by atoms with Crippen LogP contribution >= 0.6 is 0 Å². The van der Waals surface area contributed by atoms with Crippen molar-refractivity contribution in [1.82, 2.24) is 5.32 Å². The van der Waals surface area contributed by atoms with Crippen molar-refractivity contribution in [2.75, 3.05) is 13.1 Å². The van der Waals surface area contributed by atoms with Crippen LogP contribution in [-0.4, -0.2) is 24.4 Å². The van der Waals surface area contributed by atoms with Crippen LogP contribution in [0.2, 0.25) is 0 Å². The van der Waals surface area contributed by atoms with Crippen LogP contribution in [0.15, 0.2) is 0 Å². The summed E-state index contributed by atoms with van der Waals surface area (Å²) in [5.74, 6) is 0. The first kappa shape index (κ1) is 11.9. The molecule has 1 atom stereocenters. The lowest BCUT2D eigenvalue weighted by Crippen LogP contribution is -2.29. The molecule has 1 unspecified atom stereocenters. The molecular formula is C9H22N2O. The molecule has 3 nitrogen and oxygen atoms in total. The van der Waals surface area contributed by atoms with Crippen molar-refractivity contribution in [1.29, 1.82) is 0 Å². The molecule has 0 aliphatic heterocycles. The van der Waals surface area contributed by atoms with Gasteiger partial charge in [-0.1, -0.05) is 19.8 Å². The minimum atomic E-state index is -0.312. The van der Waals surface area contributed by atoms with Crippen LogP contribution in [0, 0.1) is 0 Å². The summed E-state index contributed by atoms with van der Waals surface area (Å²) in [7, 11) is 0. The van der Waals surface area contributed by atoms with E-state index in [9.17, 15) is 5.11 Å². The molecule has 0 aliphatic carbocycles. The van der Waals surface area contributed by atoms with Crippen LogP contribution in [0.4, 0.5) is 0 Å². The lowest BCUT2D eigenvalue weighted by molar-refractivity contribution is 0.126. The van der Waals surface area contributed by atoms with E-state index >= 15 is 0 Å². The number of nitrogens with one attached hydrogen (secondary N) is 1. The molecule has 12 heavy (non-hydrogen) atoms. The lowest BCUT2D eigenvalue weighted by Gasteiger charge is -2.10. The third kappa shape index (κ3) is 7.98. The number of aliphatic hydroxyl groups is 1. The van der Waals surface area contributed by atoms with E-state index in [0.717, 1.165) is 45.2 Å². The Labute approximate surface area is 75.3 Å². The number of unbranched alkanes of at least 4 members (excludes halogenated alkanes) is 2. The van der Waals surface area contributed by atoms with Crippen molar-refractivity contribution >= 4 is 0 Å². The van der Waals surface area contributed by atoms with Crippen molar-refractivity contribution in [3.8, 4) is 0 Å². The summed E-state index contributed by atoms with van der Waals surface area (Å²) in [6, 6.07) is 0. The topological polar surface area (TPSA) is 58.3 Å². The maximum absolute atomic E-state index is 9.27. The van der Waals surface area contributed by atoms with Gasteiger partial charge in [0.25, 0.3) is 0 Å². The summed E-state index contributed by atoms with van der Waals surface area (Å²) in [5.41, 5.74) is 5.35. The molecule has 0 rings (SSSR count). The highest BCUT2D eigenvalue weighted by Crippen LogP contribution is 1.94. The standard InChI is InChI=1S/C9H22N2O/c1-2-6-9(12)11-8-5-3-4-7-10/h9,11-12H,2-8,10H2,1H3. The fraction of sp³-hybridized carbons (Fsp3) is 1.00. The van der Waals surface area contributed by atoms with Crippen LogP contribution in [0.1, 0.15) is 39.0 Å². The van der Waals surface area contributed by atoms with Crippen LogP contribution in [0.3, 0.4) is 0 Å². The smallest absolute Gasteiger partial charge is 0.104 e. The van der Waals surface area contributed by atoms with Gasteiger partial charge in [0.2, 0.25) is 0 Å². The van der Waals surface area contributed by atoms with E-state index in [2.05, 4.69) is 12.2 Å². The monoisotopic (exact) mass is 174 g/mol. The third-order valence-electron chi connectivity index (χ3n) is 1.82. The van der Waals surface area contributed by atoms with Gasteiger partial charge in [-0.05, 0) is 32.4 Å². The molecule has 0 saturated carbocycles. The Morgan fingerprint density at radius 1 is 1.33 bits per heavy atom. The first-order chi connectivity index (χ1) is 5.81. The summed E-state index contributed by atoms with van der Waals surface area (Å²) >= 11 is 0. The van der Waals surface area contributed by atoms with E-state index in [4.69, 9.17) is 5.73 Å². The van der Waals surface area contributed by atoms with Crippen molar-refractivity contribution in [3.63, 3.8) is 0 Å². The summed E-state index contributed by atoms with van der Waals surface area (Å²) < 4.78 is 0. The van der Waals surface area contributed by atoms with Crippen LogP contribution in [0.25, 0.3) is 0 Å². The van der Waals surface area contributed by atoms with Crippen molar-refractivity contribution in [3.05, 3.63) is 0 Å². The first-order valence-corrected chi connectivity index (χ1v) is 4.92. The predicted octanol–water partition coefficient (Wildman–Crippen LogP) is 0.823. The van der Waals surface area contributed by atoms with Gasteiger partial charge in [0.1, 0.15) is 6.23 Å². The summed E-state index contributed by atoms with van der Waals surface area (Å²) in [4.78, 5) is 0. The molecule has 0 saturated heterocycles. The minimum absolute atomic E-state index is 0.312. The molecule has 0 aromatic rings. The van der Waals surface area contributed by atoms with Crippen molar-refractivity contribution in [2.45, 2.75) is 45.3 Å². The van der Waals surface area contributed by atoms with E-state index in [1.165, 1.54) is 0 Å². The molecule has 0 bridgehead atoms. The molecule has 74 valence electrons. The highest BCUT2D eigenvalue weighted by molar-refractivity contribution is 4.53. The Hall–Kier alpha value is -0.120. The molecule has 0 aromatic heterocycles. The van der Waals surface area contributed by atoms with Crippen LogP contribution < -0.4 is 11.1 Å². The zero-order valence-electron chi connectivity index (χ0n) is 8.05. The highest BCUT2D eigenvalue weighted by atomic mass is 16.3. The lowest BCUT2D eigenvalue weighted by atomic mass is 10.2. The number of hydrogen-bond acceptors (Lipinski definition) is 3. The van der Waals surface area contributed by atoms with Crippen molar-refractivity contribution in [2.24, 2.45) is 5.73 Å². The number of rotatable bonds is 8. The van der Waals surface area contributed by atoms with Gasteiger partial charge < -0.3 is 10.8 Å². The van der Waals surface area contributed by atoms with Gasteiger partial charge >= 0.3 is 0 Å². The molecule has 0 fully saturated rings. The quantitative estimate of drug-likeness (QED) is 0.377. The summed E-state index contributed by atoms with van der Waals surface area (Å²) in [6.07, 6.45) is 4.91. The Morgan fingerprint density at radius 2 is 2.08 bits per heavy atom. The Bertz CT molecular complexity index is 88.6. The van der Waals surface area contributed by atoms with Gasteiger partial charge in [0, 0.05) is 0 Å².